The zero-order chi connectivity index (χ0) is 17.1. The molecule has 6 heteroatoms. The number of amides is 3. The van der Waals surface area contributed by atoms with Gasteiger partial charge in [-0.15, -0.1) is 0 Å². The van der Waals surface area contributed by atoms with Crippen molar-refractivity contribution in [3.05, 3.63) is 29.3 Å². The van der Waals surface area contributed by atoms with Crippen LogP contribution in [0.5, 0.6) is 0 Å². The minimum absolute atomic E-state index is 0.0719. The lowest BCUT2D eigenvalue weighted by molar-refractivity contribution is 0.0678. The summed E-state index contributed by atoms with van der Waals surface area (Å²) in [5, 5.41) is 5.61. The van der Waals surface area contributed by atoms with Crippen LogP contribution in [0.25, 0.3) is 0 Å². The van der Waals surface area contributed by atoms with Gasteiger partial charge in [-0.25, -0.2) is 4.79 Å². The summed E-state index contributed by atoms with van der Waals surface area (Å²) in [6, 6.07) is 5.84. The van der Waals surface area contributed by atoms with Gasteiger partial charge < -0.3 is 15.5 Å². The molecule has 2 fully saturated rings. The zero-order valence-corrected chi connectivity index (χ0v) is 14.5. The molecule has 0 bridgehead atoms. The molecular formula is C18H26N4O2. The van der Waals surface area contributed by atoms with Crippen molar-refractivity contribution in [1.82, 2.24) is 15.1 Å². The van der Waals surface area contributed by atoms with Crippen LogP contribution in [-0.2, 0) is 0 Å². The van der Waals surface area contributed by atoms with Crippen molar-refractivity contribution in [1.29, 1.82) is 0 Å². The molecule has 0 radical (unpaired) electrons. The summed E-state index contributed by atoms with van der Waals surface area (Å²) < 4.78 is 0. The summed E-state index contributed by atoms with van der Waals surface area (Å²) >= 11 is 0. The number of nitrogens with one attached hydrogen (secondary N) is 2. The van der Waals surface area contributed by atoms with Gasteiger partial charge in [0, 0.05) is 44.0 Å². The molecule has 0 unspecified atom stereocenters. The highest BCUT2D eigenvalue weighted by atomic mass is 16.2. The fraction of sp³-hybridized carbons (Fsp3) is 0.556. The topological polar surface area (TPSA) is 64.7 Å². The molecule has 3 amide bonds. The van der Waals surface area contributed by atoms with Gasteiger partial charge in [0.15, 0.2) is 0 Å². The first-order chi connectivity index (χ1) is 11.6. The predicted octanol–water partition coefficient (Wildman–Crippen LogP) is 2.06. The third-order valence-corrected chi connectivity index (χ3v) is 5.17. The van der Waals surface area contributed by atoms with E-state index in [9.17, 15) is 9.59 Å². The number of benzene rings is 1. The smallest absolute Gasteiger partial charge is 0.321 e. The van der Waals surface area contributed by atoms with Crippen molar-refractivity contribution in [2.45, 2.75) is 32.2 Å². The van der Waals surface area contributed by atoms with Crippen LogP contribution >= 0.6 is 0 Å². The molecule has 2 saturated heterocycles. The van der Waals surface area contributed by atoms with Gasteiger partial charge in [-0.3, -0.25) is 9.69 Å². The molecule has 2 heterocycles. The number of anilines is 1. The van der Waals surface area contributed by atoms with Crippen LogP contribution < -0.4 is 10.6 Å². The van der Waals surface area contributed by atoms with Gasteiger partial charge >= 0.3 is 6.03 Å². The van der Waals surface area contributed by atoms with E-state index in [-0.39, 0.29) is 11.9 Å². The summed E-state index contributed by atoms with van der Waals surface area (Å²) in [4.78, 5) is 28.9. The molecule has 0 aliphatic carbocycles. The average Bonchev–Trinajstić information content (AvgIpc) is 2.62. The second-order valence-electron chi connectivity index (χ2n) is 6.62. The van der Waals surface area contributed by atoms with E-state index in [1.165, 1.54) is 19.3 Å². The van der Waals surface area contributed by atoms with E-state index in [1.54, 1.807) is 19.2 Å². The van der Waals surface area contributed by atoms with E-state index in [0.717, 1.165) is 31.7 Å². The quantitative estimate of drug-likeness (QED) is 0.872. The SMILES string of the molecule is CNC(=O)c1cccc(NC(=O)N2CCN3CCCC[C@@H]3C2)c1C. The molecule has 6 nitrogen and oxygen atoms in total. The Bertz CT molecular complexity index is 631. The summed E-state index contributed by atoms with van der Waals surface area (Å²) in [6.45, 7) is 5.53. The first-order valence-electron chi connectivity index (χ1n) is 8.72. The van der Waals surface area contributed by atoms with E-state index in [0.29, 0.717) is 17.3 Å². The van der Waals surface area contributed by atoms with Crippen molar-refractivity contribution in [2.24, 2.45) is 0 Å². The number of carbonyl (C=O) groups excluding carboxylic acids is 2. The molecule has 0 aromatic heterocycles. The van der Waals surface area contributed by atoms with Gasteiger partial charge in [0.1, 0.15) is 0 Å². The fourth-order valence-electron chi connectivity index (χ4n) is 3.69. The van der Waals surface area contributed by atoms with E-state index in [2.05, 4.69) is 15.5 Å². The molecular weight excluding hydrogens is 304 g/mol. The van der Waals surface area contributed by atoms with Gasteiger partial charge in [-0.05, 0) is 44.0 Å². The van der Waals surface area contributed by atoms with E-state index in [4.69, 9.17) is 0 Å². The number of piperidine rings is 1. The summed E-state index contributed by atoms with van der Waals surface area (Å²) in [6.07, 6.45) is 3.70. The van der Waals surface area contributed by atoms with E-state index in [1.807, 2.05) is 17.9 Å². The number of rotatable bonds is 2. The molecule has 2 N–H and O–H groups in total. The highest BCUT2D eigenvalue weighted by Crippen LogP contribution is 2.23. The molecule has 2 aliphatic heterocycles. The van der Waals surface area contributed by atoms with Crippen LogP contribution in [0.2, 0.25) is 0 Å². The second-order valence-corrected chi connectivity index (χ2v) is 6.62. The lowest BCUT2D eigenvalue weighted by atomic mass is 10.00. The molecule has 2 aliphatic rings. The average molecular weight is 330 g/mol. The summed E-state index contributed by atoms with van der Waals surface area (Å²) in [5.41, 5.74) is 2.08. The monoisotopic (exact) mass is 330 g/mol. The highest BCUT2D eigenvalue weighted by molar-refractivity contribution is 5.98. The number of nitrogens with zero attached hydrogens (tertiary/aromatic N) is 2. The van der Waals surface area contributed by atoms with Gasteiger partial charge in [-0.2, -0.15) is 0 Å². The van der Waals surface area contributed by atoms with Crippen LogP contribution in [0.3, 0.4) is 0 Å². The maximum absolute atomic E-state index is 12.6. The van der Waals surface area contributed by atoms with Gasteiger partial charge in [0.25, 0.3) is 5.91 Å². The maximum atomic E-state index is 12.6. The van der Waals surface area contributed by atoms with Crippen molar-refractivity contribution in [3.63, 3.8) is 0 Å². The molecule has 130 valence electrons. The Labute approximate surface area is 143 Å². The maximum Gasteiger partial charge on any atom is 0.321 e. The zero-order valence-electron chi connectivity index (χ0n) is 14.5. The van der Waals surface area contributed by atoms with Crippen molar-refractivity contribution >= 4 is 17.6 Å². The van der Waals surface area contributed by atoms with Crippen molar-refractivity contribution < 1.29 is 9.59 Å². The van der Waals surface area contributed by atoms with Crippen LogP contribution in [0, 0.1) is 6.92 Å². The number of urea groups is 1. The Morgan fingerprint density at radius 2 is 2.00 bits per heavy atom. The van der Waals surface area contributed by atoms with Crippen LogP contribution in [0.15, 0.2) is 18.2 Å². The Kier molecular flexibility index (Phi) is 5.04. The molecule has 1 aromatic carbocycles. The number of hydrogen-bond acceptors (Lipinski definition) is 3. The van der Waals surface area contributed by atoms with Crippen molar-refractivity contribution in [2.75, 3.05) is 38.5 Å². The first-order valence-corrected chi connectivity index (χ1v) is 8.72. The van der Waals surface area contributed by atoms with Crippen LogP contribution in [0.1, 0.15) is 35.2 Å². The lowest BCUT2D eigenvalue weighted by Gasteiger charge is -2.43. The number of piperazine rings is 1. The normalized spacial score (nSPS) is 21.1. The van der Waals surface area contributed by atoms with Gasteiger partial charge in [0.2, 0.25) is 0 Å². The Balaban J connectivity index is 1.68. The molecule has 3 rings (SSSR count). The van der Waals surface area contributed by atoms with E-state index >= 15 is 0 Å². The lowest BCUT2D eigenvalue weighted by Crippen LogP contribution is -2.56. The minimum atomic E-state index is -0.139. The van der Waals surface area contributed by atoms with Crippen molar-refractivity contribution in [3.8, 4) is 0 Å². The Morgan fingerprint density at radius 1 is 1.17 bits per heavy atom. The number of hydrogen-bond donors (Lipinski definition) is 2. The largest absolute Gasteiger partial charge is 0.355 e. The van der Waals surface area contributed by atoms with Gasteiger partial charge in [-0.1, -0.05) is 12.5 Å². The molecule has 0 saturated carbocycles. The number of fused-ring (bicyclic) bond motifs is 1. The van der Waals surface area contributed by atoms with E-state index < -0.39 is 0 Å². The molecule has 1 aromatic rings. The Hall–Kier alpha value is -2.08. The third-order valence-electron chi connectivity index (χ3n) is 5.17. The second kappa shape index (κ2) is 7.21. The Morgan fingerprint density at radius 3 is 2.79 bits per heavy atom. The number of carbonyl (C=O) groups is 2. The predicted molar refractivity (Wildman–Crippen MR) is 94.4 cm³/mol. The summed E-state index contributed by atoms with van der Waals surface area (Å²) in [5.74, 6) is -0.139. The minimum Gasteiger partial charge on any atom is -0.355 e. The fourth-order valence-corrected chi connectivity index (χ4v) is 3.69. The van der Waals surface area contributed by atoms with Crippen LogP contribution in [-0.4, -0.2) is 61.0 Å². The summed E-state index contributed by atoms with van der Waals surface area (Å²) in [7, 11) is 1.61. The van der Waals surface area contributed by atoms with Crippen LogP contribution in [0.4, 0.5) is 10.5 Å². The van der Waals surface area contributed by atoms with Gasteiger partial charge in [0.05, 0.1) is 0 Å². The molecule has 24 heavy (non-hydrogen) atoms. The highest BCUT2D eigenvalue weighted by Gasteiger charge is 2.31. The third kappa shape index (κ3) is 3.38. The molecule has 1 atom stereocenters. The standard InChI is InChI=1S/C18H26N4O2/c1-13-15(17(23)19-2)7-5-8-16(13)20-18(24)22-11-10-21-9-4-3-6-14(21)12-22/h5,7-8,14H,3-4,6,9-12H2,1-2H3,(H,19,23)(H,20,24)/t14-/m1/s1. The molecule has 0 spiro atoms. The first kappa shape index (κ1) is 16.8.